The van der Waals surface area contributed by atoms with Gasteiger partial charge in [0.25, 0.3) is 0 Å². The lowest BCUT2D eigenvalue weighted by molar-refractivity contribution is -0.128. The second-order valence-corrected chi connectivity index (χ2v) is 3.50. The summed E-state index contributed by atoms with van der Waals surface area (Å²) in [6.45, 7) is 0.127. The van der Waals surface area contributed by atoms with E-state index in [-0.39, 0.29) is 6.61 Å². The van der Waals surface area contributed by atoms with Crippen LogP contribution >= 0.6 is 23.5 Å². The number of ether oxygens (including phenoxy) is 1. The Morgan fingerprint density at radius 3 is 2.94 bits per heavy atom. The molecule has 0 saturated carbocycles. The van der Waals surface area contributed by atoms with E-state index in [2.05, 4.69) is 10.2 Å². The molecular formula is C12H8Cl2O3. The van der Waals surface area contributed by atoms with Gasteiger partial charge >= 0.3 is 5.97 Å². The maximum atomic E-state index is 10.8. The molecule has 0 heterocycles. The Bertz CT molecular complexity index is 475. The van der Waals surface area contributed by atoms with Crippen LogP contribution in [0.15, 0.2) is 24.3 Å². The number of carbonyl (C=O) groups excluding carboxylic acids is 1. The molecule has 0 atom stereocenters. The maximum absolute atomic E-state index is 10.8. The SMILES string of the molecule is C#CCOc1ccc(Cl)cc1/C=C/C(=O)OCl. The molecule has 1 rings (SSSR count). The zero-order valence-corrected chi connectivity index (χ0v) is 10.2. The van der Waals surface area contributed by atoms with E-state index < -0.39 is 5.97 Å². The molecule has 0 unspecified atom stereocenters. The summed E-state index contributed by atoms with van der Waals surface area (Å²) in [5.41, 5.74) is 0.606. The highest BCUT2D eigenvalue weighted by molar-refractivity contribution is 6.30. The average molecular weight is 271 g/mol. The van der Waals surface area contributed by atoms with Gasteiger partial charge in [-0.2, -0.15) is 0 Å². The molecule has 1 aromatic rings. The molecule has 0 fully saturated rings. The Kier molecular flexibility index (Phi) is 5.41. The molecule has 1 aromatic carbocycles. The van der Waals surface area contributed by atoms with E-state index in [1.165, 1.54) is 6.08 Å². The number of hydrogen-bond donors (Lipinski definition) is 0. The van der Waals surface area contributed by atoms with Gasteiger partial charge in [0, 0.05) is 16.7 Å². The van der Waals surface area contributed by atoms with Crippen molar-refractivity contribution in [2.45, 2.75) is 0 Å². The van der Waals surface area contributed by atoms with E-state index in [0.29, 0.717) is 16.3 Å². The van der Waals surface area contributed by atoms with Gasteiger partial charge in [-0.25, -0.2) is 4.79 Å². The highest BCUT2D eigenvalue weighted by Gasteiger charge is 2.03. The first-order valence-corrected chi connectivity index (χ1v) is 5.22. The van der Waals surface area contributed by atoms with E-state index in [0.717, 1.165) is 6.08 Å². The number of benzene rings is 1. The number of carbonyl (C=O) groups is 1. The standard InChI is InChI=1S/C12H8Cl2O3/c1-2-7-16-11-5-4-10(13)8-9(11)3-6-12(15)17-14/h1,3-6,8H,7H2/b6-3+. The van der Waals surface area contributed by atoms with Crippen LogP contribution in [-0.4, -0.2) is 12.6 Å². The van der Waals surface area contributed by atoms with E-state index in [1.54, 1.807) is 18.2 Å². The first kappa shape index (κ1) is 13.4. The normalized spacial score (nSPS) is 9.94. The van der Waals surface area contributed by atoms with Crippen molar-refractivity contribution in [3.05, 3.63) is 34.9 Å². The molecule has 0 spiro atoms. The van der Waals surface area contributed by atoms with Crippen molar-refractivity contribution in [2.75, 3.05) is 6.61 Å². The number of hydrogen-bond acceptors (Lipinski definition) is 3. The largest absolute Gasteiger partial charge is 0.480 e. The van der Waals surface area contributed by atoms with Gasteiger partial charge in [-0.1, -0.05) is 17.5 Å². The van der Waals surface area contributed by atoms with Gasteiger partial charge in [-0.05, 0) is 24.3 Å². The van der Waals surface area contributed by atoms with Crippen LogP contribution in [0.1, 0.15) is 5.56 Å². The molecule has 88 valence electrons. The van der Waals surface area contributed by atoms with Crippen LogP contribution in [0.25, 0.3) is 6.08 Å². The predicted octanol–water partition coefficient (Wildman–Crippen LogP) is 3.06. The fourth-order valence-electron chi connectivity index (χ4n) is 1.08. The third-order valence-corrected chi connectivity index (χ3v) is 2.15. The fourth-order valence-corrected chi connectivity index (χ4v) is 1.32. The van der Waals surface area contributed by atoms with Crippen molar-refractivity contribution in [1.82, 2.24) is 0 Å². The second kappa shape index (κ2) is 6.85. The zero-order valence-electron chi connectivity index (χ0n) is 8.65. The second-order valence-electron chi connectivity index (χ2n) is 2.90. The monoisotopic (exact) mass is 270 g/mol. The first-order chi connectivity index (χ1) is 8.17. The molecule has 17 heavy (non-hydrogen) atoms. The number of rotatable bonds is 4. The summed E-state index contributed by atoms with van der Waals surface area (Å²) in [4.78, 5) is 10.8. The minimum atomic E-state index is -0.686. The third kappa shape index (κ3) is 4.39. The van der Waals surface area contributed by atoms with Gasteiger partial charge in [0.2, 0.25) is 0 Å². The molecule has 0 aromatic heterocycles. The van der Waals surface area contributed by atoms with Crippen molar-refractivity contribution in [3.63, 3.8) is 0 Å². The van der Waals surface area contributed by atoms with Gasteiger partial charge in [0.05, 0.1) is 0 Å². The molecule has 0 N–H and O–H groups in total. The Morgan fingerprint density at radius 2 is 2.29 bits per heavy atom. The van der Waals surface area contributed by atoms with E-state index >= 15 is 0 Å². The van der Waals surface area contributed by atoms with Crippen molar-refractivity contribution < 1.29 is 13.8 Å². The lowest BCUT2D eigenvalue weighted by Gasteiger charge is -2.06. The molecule has 0 aliphatic rings. The van der Waals surface area contributed by atoms with Crippen molar-refractivity contribution in [1.29, 1.82) is 0 Å². The summed E-state index contributed by atoms with van der Waals surface area (Å²) < 4.78 is 9.24. The average Bonchev–Trinajstić information content (AvgIpc) is 2.34. The Balaban J connectivity index is 2.95. The molecule has 0 amide bonds. The van der Waals surface area contributed by atoms with Crippen LogP contribution in [-0.2, 0) is 9.08 Å². The minimum absolute atomic E-state index is 0.127. The lowest BCUT2D eigenvalue weighted by atomic mass is 10.2. The molecule has 3 nitrogen and oxygen atoms in total. The molecule has 0 saturated heterocycles. The summed E-state index contributed by atoms with van der Waals surface area (Å²) in [5.74, 6) is 2.18. The predicted molar refractivity (Wildman–Crippen MR) is 66.8 cm³/mol. The Morgan fingerprint density at radius 1 is 1.53 bits per heavy atom. The van der Waals surface area contributed by atoms with E-state index in [1.807, 2.05) is 0 Å². The molecule has 0 radical (unpaired) electrons. The smallest absolute Gasteiger partial charge is 0.349 e. The highest BCUT2D eigenvalue weighted by Crippen LogP contribution is 2.24. The quantitative estimate of drug-likeness (QED) is 0.623. The van der Waals surface area contributed by atoms with Gasteiger partial charge in [-0.15, -0.1) is 6.42 Å². The van der Waals surface area contributed by atoms with Gasteiger partial charge in [-0.3, -0.25) is 0 Å². The Labute approximate surface area is 109 Å². The van der Waals surface area contributed by atoms with Crippen LogP contribution in [0, 0.1) is 12.3 Å². The minimum Gasteiger partial charge on any atom is -0.480 e. The van der Waals surface area contributed by atoms with Gasteiger partial charge in [0.15, 0.2) is 0 Å². The highest BCUT2D eigenvalue weighted by atomic mass is 35.5. The molecule has 0 bridgehead atoms. The summed E-state index contributed by atoms with van der Waals surface area (Å²) in [7, 11) is 0. The van der Waals surface area contributed by atoms with Gasteiger partial charge < -0.3 is 9.03 Å². The number of terminal acetylenes is 1. The van der Waals surface area contributed by atoms with Crippen molar-refractivity contribution >= 4 is 35.5 Å². The Hall–Kier alpha value is -1.63. The lowest BCUT2D eigenvalue weighted by Crippen LogP contribution is -1.96. The summed E-state index contributed by atoms with van der Waals surface area (Å²) >= 11 is 10.7. The van der Waals surface area contributed by atoms with E-state index in [4.69, 9.17) is 34.6 Å². The number of halogens is 2. The van der Waals surface area contributed by atoms with Crippen LogP contribution in [0.2, 0.25) is 5.02 Å². The zero-order chi connectivity index (χ0) is 12.7. The first-order valence-electron chi connectivity index (χ1n) is 4.54. The summed E-state index contributed by atoms with van der Waals surface area (Å²) in [5, 5.41) is 0.511. The summed E-state index contributed by atoms with van der Waals surface area (Å²) in [6.07, 6.45) is 7.72. The van der Waals surface area contributed by atoms with Crippen LogP contribution < -0.4 is 4.74 Å². The fraction of sp³-hybridized carbons (Fsp3) is 0.0833. The maximum Gasteiger partial charge on any atom is 0.349 e. The molecule has 5 heteroatoms. The van der Waals surface area contributed by atoms with Crippen LogP contribution in [0.4, 0.5) is 0 Å². The van der Waals surface area contributed by atoms with Crippen LogP contribution in [0.3, 0.4) is 0 Å². The molecular weight excluding hydrogens is 263 g/mol. The molecule has 0 aliphatic carbocycles. The van der Waals surface area contributed by atoms with Gasteiger partial charge in [0.1, 0.15) is 24.2 Å². The van der Waals surface area contributed by atoms with Crippen molar-refractivity contribution in [2.24, 2.45) is 0 Å². The molecule has 0 aliphatic heterocycles. The summed E-state index contributed by atoms with van der Waals surface area (Å²) in [6, 6.07) is 4.95. The topological polar surface area (TPSA) is 35.5 Å². The van der Waals surface area contributed by atoms with Crippen molar-refractivity contribution in [3.8, 4) is 18.1 Å². The van der Waals surface area contributed by atoms with Crippen LogP contribution in [0.5, 0.6) is 5.75 Å². The van der Waals surface area contributed by atoms with E-state index in [9.17, 15) is 4.79 Å². The third-order valence-electron chi connectivity index (χ3n) is 1.76.